The number of nitrogens with zero attached hydrogens (tertiary/aromatic N) is 2. The van der Waals surface area contributed by atoms with E-state index in [9.17, 15) is 19.8 Å². The van der Waals surface area contributed by atoms with Gasteiger partial charge in [-0.15, -0.1) is 0 Å². The number of hydrogen-bond donors (Lipinski definition) is 2. The van der Waals surface area contributed by atoms with Gasteiger partial charge in [0.2, 0.25) is 0 Å². The minimum Gasteiger partial charge on any atom is -0.504 e. The number of rotatable bonds is 2. The van der Waals surface area contributed by atoms with Crippen LogP contribution >= 0.6 is 0 Å². The summed E-state index contributed by atoms with van der Waals surface area (Å²) in [6.45, 7) is 1.91. The Hall–Kier alpha value is -3.74. The average molecular weight is 653 g/mol. The molecule has 2 heterocycles. The zero-order valence-corrected chi connectivity index (χ0v) is 27.5. The van der Waals surface area contributed by atoms with E-state index in [1.54, 1.807) is 26.4 Å². The smallest absolute Gasteiger partial charge is 0.161 e. The lowest BCUT2D eigenvalue weighted by atomic mass is 9.53. The number of aromatic hydroxyl groups is 2. The molecule has 4 bridgehead atoms. The maximum atomic E-state index is 12.2. The minimum absolute atomic E-state index is 0. The molecular weight excluding hydrogens is 604 g/mol. The molecule has 6 atom stereocenters. The van der Waals surface area contributed by atoms with Crippen molar-refractivity contribution >= 4 is 11.6 Å². The van der Waals surface area contributed by atoms with E-state index in [2.05, 4.69) is 48.2 Å². The molecule has 0 saturated carbocycles. The SMILES string of the molecule is COc1ccc2c(c1O)[C@]13CCN(C)[C@H](C2)[C@@H]1C=CC(=O)C3.COc1ccc2c(c1O)[C@]13CCN(C)[C@H](C2)[C@@H]1C=CC(=O)C3.O.O.O. The molecule has 0 amide bonds. The lowest BCUT2D eigenvalue weighted by Gasteiger charge is -2.56. The van der Waals surface area contributed by atoms with Crippen molar-refractivity contribution in [2.45, 2.75) is 61.4 Å². The van der Waals surface area contributed by atoms with Crippen LogP contribution in [0.2, 0.25) is 0 Å². The maximum Gasteiger partial charge on any atom is 0.161 e. The van der Waals surface area contributed by atoms with E-state index in [1.165, 1.54) is 0 Å². The molecule has 2 aromatic rings. The average Bonchev–Trinajstić information content (AvgIpc) is 3.00. The van der Waals surface area contributed by atoms with Crippen LogP contribution in [0.1, 0.15) is 47.9 Å². The summed E-state index contributed by atoms with van der Waals surface area (Å²) in [7, 11) is 7.46. The van der Waals surface area contributed by atoms with E-state index < -0.39 is 0 Å². The van der Waals surface area contributed by atoms with Crippen molar-refractivity contribution in [3.05, 3.63) is 70.8 Å². The van der Waals surface area contributed by atoms with E-state index in [1.807, 2.05) is 12.1 Å². The van der Waals surface area contributed by atoms with Gasteiger partial charge in [-0.2, -0.15) is 0 Å². The third kappa shape index (κ3) is 5.25. The summed E-state index contributed by atoms with van der Waals surface area (Å²) in [5.41, 5.74) is 3.70. The highest BCUT2D eigenvalue weighted by Gasteiger charge is 2.56. The Morgan fingerprint density at radius 2 is 1.06 bits per heavy atom. The van der Waals surface area contributed by atoms with Gasteiger partial charge in [0, 0.05) is 58.7 Å². The standard InChI is InChI=1S/2C18H21NO3.3H2O/c2*1-19-8-7-18-10-12(20)4-5-13(18)14(19)9-11-3-6-15(22-2)17(21)16(11)18;;;/h2*3-6,13-14,21H,7-10H2,1-2H3;3*1H2/t2*13-,14+,18-;;;/m00.../s1. The highest BCUT2D eigenvalue weighted by atomic mass is 16.5. The highest BCUT2D eigenvalue weighted by molar-refractivity contribution is 5.93. The highest BCUT2D eigenvalue weighted by Crippen LogP contribution is 2.58. The second-order valence-corrected chi connectivity index (χ2v) is 13.7. The van der Waals surface area contributed by atoms with Crippen LogP contribution in [0.25, 0.3) is 0 Å². The van der Waals surface area contributed by atoms with Crippen molar-refractivity contribution in [3.63, 3.8) is 0 Å². The molecule has 8 rings (SSSR count). The van der Waals surface area contributed by atoms with Crippen LogP contribution in [-0.2, 0) is 33.3 Å². The Bertz CT molecular complexity index is 1490. The Balaban J connectivity index is 0.000000200. The number of phenolic OH excluding ortho intramolecular Hbond substituents is 2. The fourth-order valence-electron chi connectivity index (χ4n) is 9.69. The Morgan fingerprint density at radius 1 is 0.681 bits per heavy atom. The summed E-state index contributed by atoms with van der Waals surface area (Å²) in [5.74, 6) is 2.37. The van der Waals surface area contributed by atoms with Crippen LogP contribution < -0.4 is 9.47 Å². The lowest BCUT2D eigenvalue weighted by molar-refractivity contribution is -0.119. The predicted molar refractivity (Wildman–Crippen MR) is 178 cm³/mol. The molecule has 47 heavy (non-hydrogen) atoms. The van der Waals surface area contributed by atoms with Gasteiger partial charge >= 0.3 is 0 Å². The van der Waals surface area contributed by atoms with Crippen molar-refractivity contribution in [2.24, 2.45) is 11.8 Å². The predicted octanol–water partition coefficient (Wildman–Crippen LogP) is 1.61. The van der Waals surface area contributed by atoms with Gasteiger partial charge in [-0.05, 0) is 88.3 Å². The number of piperidine rings is 2. The first-order valence-corrected chi connectivity index (χ1v) is 15.7. The normalized spacial score (nSPS) is 31.1. The number of carbonyl (C=O) groups is 2. The molecule has 2 aliphatic heterocycles. The topological polar surface area (TPSA) is 194 Å². The fourth-order valence-corrected chi connectivity index (χ4v) is 9.69. The van der Waals surface area contributed by atoms with E-state index in [4.69, 9.17) is 9.47 Å². The van der Waals surface area contributed by atoms with Crippen molar-refractivity contribution < 1.29 is 45.7 Å². The largest absolute Gasteiger partial charge is 0.504 e. The molecule has 11 nitrogen and oxygen atoms in total. The molecule has 11 heteroatoms. The number of likely N-dealkylation sites (N-methyl/N-ethyl adjacent to an activating group) is 2. The molecule has 8 N–H and O–H groups in total. The third-order valence-electron chi connectivity index (χ3n) is 11.8. The first-order chi connectivity index (χ1) is 21.1. The van der Waals surface area contributed by atoms with Crippen molar-refractivity contribution in [1.82, 2.24) is 9.80 Å². The fraction of sp³-hybridized carbons (Fsp3) is 0.500. The van der Waals surface area contributed by atoms with Gasteiger partial charge in [-0.25, -0.2) is 0 Å². The summed E-state index contributed by atoms with van der Waals surface area (Å²) in [5, 5.41) is 21.5. The zero-order valence-electron chi connectivity index (χ0n) is 27.5. The summed E-state index contributed by atoms with van der Waals surface area (Å²) < 4.78 is 10.6. The monoisotopic (exact) mass is 652 g/mol. The zero-order chi connectivity index (χ0) is 31.0. The van der Waals surface area contributed by atoms with Crippen LogP contribution in [0.5, 0.6) is 23.0 Å². The molecule has 2 aromatic carbocycles. The van der Waals surface area contributed by atoms with Gasteiger partial charge in [0.05, 0.1) is 14.2 Å². The molecule has 2 saturated heterocycles. The number of carbonyl (C=O) groups excluding carboxylic acids is 2. The molecule has 0 unspecified atom stereocenters. The first-order valence-electron chi connectivity index (χ1n) is 15.7. The summed E-state index contributed by atoms with van der Waals surface area (Å²) in [6.07, 6.45) is 12.2. The van der Waals surface area contributed by atoms with Crippen LogP contribution in [0.3, 0.4) is 0 Å². The number of methoxy groups -OCH3 is 2. The minimum atomic E-state index is -0.269. The van der Waals surface area contributed by atoms with Crippen LogP contribution in [0.15, 0.2) is 48.6 Å². The molecule has 2 fully saturated rings. The van der Waals surface area contributed by atoms with Crippen molar-refractivity contribution in [1.29, 1.82) is 0 Å². The van der Waals surface area contributed by atoms with E-state index in [0.717, 1.165) is 61.0 Å². The number of hydrogen-bond acceptors (Lipinski definition) is 8. The number of fused-ring (bicyclic) bond motifs is 2. The van der Waals surface area contributed by atoms with E-state index >= 15 is 0 Å². The Labute approximate surface area is 275 Å². The van der Waals surface area contributed by atoms with Gasteiger partial charge in [0.1, 0.15) is 0 Å². The quantitative estimate of drug-likeness (QED) is 0.488. The third-order valence-corrected chi connectivity index (χ3v) is 11.8. The molecular formula is C36H48N2O9. The Morgan fingerprint density at radius 3 is 1.43 bits per heavy atom. The van der Waals surface area contributed by atoms with Crippen LogP contribution in [-0.4, -0.2) is 101 Å². The second kappa shape index (κ2) is 13.0. The van der Waals surface area contributed by atoms with Crippen LogP contribution in [0.4, 0.5) is 0 Å². The number of ketones is 2. The first kappa shape index (κ1) is 36.1. The molecule has 0 aromatic heterocycles. The van der Waals surface area contributed by atoms with Crippen LogP contribution in [0, 0.1) is 11.8 Å². The summed E-state index contributed by atoms with van der Waals surface area (Å²) in [6, 6.07) is 8.58. The van der Waals surface area contributed by atoms with Gasteiger partial charge < -0.3 is 45.9 Å². The summed E-state index contributed by atoms with van der Waals surface area (Å²) >= 11 is 0. The van der Waals surface area contributed by atoms with Gasteiger partial charge in [0.25, 0.3) is 0 Å². The second-order valence-electron chi connectivity index (χ2n) is 13.7. The number of ether oxygens (including phenoxy) is 2. The molecule has 0 spiro atoms. The van der Waals surface area contributed by atoms with E-state index in [0.29, 0.717) is 36.4 Å². The molecule has 6 aliphatic rings. The van der Waals surface area contributed by atoms with Gasteiger partial charge in [-0.1, -0.05) is 24.3 Å². The number of allylic oxidation sites excluding steroid dienone is 2. The number of benzene rings is 2. The number of phenols is 2. The maximum absolute atomic E-state index is 12.2. The van der Waals surface area contributed by atoms with Gasteiger partial charge in [-0.3, -0.25) is 9.59 Å². The van der Waals surface area contributed by atoms with Gasteiger partial charge in [0.15, 0.2) is 34.6 Å². The molecule has 4 aliphatic carbocycles. The summed E-state index contributed by atoms with van der Waals surface area (Å²) in [4.78, 5) is 29.1. The Kier molecular flexibility index (Phi) is 10.0. The molecule has 0 radical (unpaired) electrons. The number of likely N-dealkylation sites (tertiary alicyclic amines) is 2. The lowest BCUT2D eigenvalue weighted by Crippen LogP contribution is -2.59. The van der Waals surface area contributed by atoms with E-state index in [-0.39, 0.29) is 62.2 Å². The van der Waals surface area contributed by atoms with Crippen molar-refractivity contribution in [3.8, 4) is 23.0 Å². The van der Waals surface area contributed by atoms with Crippen molar-refractivity contribution in [2.75, 3.05) is 41.4 Å². The molecule has 256 valence electrons.